The number of aryl methyl sites for hydroxylation is 1. The van der Waals surface area contributed by atoms with Crippen LogP contribution >= 0.6 is 0 Å². The number of hydrogen-bond acceptors (Lipinski definition) is 4. The summed E-state index contributed by atoms with van der Waals surface area (Å²) in [5, 5.41) is 5.60. The molecule has 0 aliphatic heterocycles. The molecule has 1 aliphatic carbocycles. The number of methoxy groups -OCH3 is 1. The summed E-state index contributed by atoms with van der Waals surface area (Å²) in [6.45, 7) is 2.20. The van der Waals surface area contributed by atoms with Crippen LogP contribution in [0, 0.1) is 12.3 Å². The monoisotopic (exact) mass is 328 g/mol. The van der Waals surface area contributed by atoms with Crippen molar-refractivity contribution in [3.05, 3.63) is 47.9 Å². The number of rotatable bonds is 6. The topological polar surface area (TPSA) is 80.6 Å². The summed E-state index contributed by atoms with van der Waals surface area (Å²) in [5.74, 6) is 0.645. The molecule has 126 valence electrons. The van der Waals surface area contributed by atoms with Crippen LogP contribution in [0.4, 0.5) is 5.69 Å². The maximum atomic E-state index is 12.6. The van der Waals surface area contributed by atoms with Crippen molar-refractivity contribution in [1.29, 1.82) is 0 Å². The number of hydrogen-bond donors (Lipinski definition) is 2. The van der Waals surface area contributed by atoms with E-state index in [2.05, 4.69) is 10.6 Å². The van der Waals surface area contributed by atoms with Crippen molar-refractivity contribution in [2.24, 2.45) is 5.41 Å². The summed E-state index contributed by atoms with van der Waals surface area (Å²) >= 11 is 0. The van der Waals surface area contributed by atoms with Crippen molar-refractivity contribution in [3.63, 3.8) is 0 Å². The zero-order chi connectivity index (χ0) is 17.2. The highest BCUT2D eigenvalue weighted by atomic mass is 16.5. The van der Waals surface area contributed by atoms with Crippen molar-refractivity contribution in [2.45, 2.75) is 26.3 Å². The molecule has 0 atom stereocenters. The van der Waals surface area contributed by atoms with Crippen LogP contribution in [0.2, 0.25) is 0 Å². The molecule has 2 amide bonds. The van der Waals surface area contributed by atoms with Crippen molar-refractivity contribution in [3.8, 4) is 5.75 Å². The minimum absolute atomic E-state index is 0.272. The molecule has 6 heteroatoms. The van der Waals surface area contributed by atoms with Gasteiger partial charge in [0.05, 0.1) is 25.6 Å². The molecule has 6 nitrogen and oxygen atoms in total. The fourth-order valence-corrected chi connectivity index (χ4v) is 2.59. The molecule has 1 saturated carbocycles. The highest BCUT2D eigenvalue weighted by Gasteiger charge is 2.56. The van der Waals surface area contributed by atoms with E-state index in [1.165, 1.54) is 0 Å². The lowest BCUT2D eigenvalue weighted by Crippen LogP contribution is -2.39. The molecule has 0 saturated heterocycles. The Balaban J connectivity index is 1.68. The summed E-state index contributed by atoms with van der Waals surface area (Å²) < 4.78 is 10.4. The van der Waals surface area contributed by atoms with Gasteiger partial charge in [0.1, 0.15) is 16.9 Å². The second-order valence-electron chi connectivity index (χ2n) is 6.00. The van der Waals surface area contributed by atoms with Crippen LogP contribution in [-0.4, -0.2) is 18.9 Å². The number of amides is 2. The lowest BCUT2D eigenvalue weighted by molar-refractivity contribution is -0.134. The van der Waals surface area contributed by atoms with Crippen LogP contribution in [0.25, 0.3) is 0 Å². The van der Waals surface area contributed by atoms with Gasteiger partial charge in [-0.1, -0.05) is 6.07 Å². The molecule has 24 heavy (non-hydrogen) atoms. The van der Waals surface area contributed by atoms with E-state index in [9.17, 15) is 9.59 Å². The molecule has 3 rings (SSSR count). The Hall–Kier alpha value is -2.76. The van der Waals surface area contributed by atoms with Gasteiger partial charge in [-0.05, 0) is 49.6 Å². The van der Waals surface area contributed by atoms with E-state index in [-0.39, 0.29) is 18.4 Å². The van der Waals surface area contributed by atoms with Crippen LogP contribution in [0.5, 0.6) is 5.75 Å². The zero-order valence-electron chi connectivity index (χ0n) is 13.7. The van der Waals surface area contributed by atoms with Gasteiger partial charge < -0.3 is 19.8 Å². The standard InChI is InChI=1S/C18H20N2O4/c1-12-5-6-15(23-2)14(10-12)20-17(22)18(7-8-18)16(21)19-11-13-4-3-9-24-13/h3-6,9-10H,7-8,11H2,1-2H3,(H,19,21)(H,20,22). The molecule has 2 N–H and O–H groups in total. The largest absolute Gasteiger partial charge is 0.495 e. The zero-order valence-corrected chi connectivity index (χ0v) is 13.7. The average Bonchev–Trinajstić information content (AvgIpc) is 3.22. The molecule has 2 aromatic rings. The Bertz CT molecular complexity index is 748. The molecule has 1 fully saturated rings. The summed E-state index contributed by atoms with van der Waals surface area (Å²) in [4.78, 5) is 25.1. The predicted octanol–water partition coefficient (Wildman–Crippen LogP) is 2.63. The molecule has 0 bridgehead atoms. The van der Waals surface area contributed by atoms with Crippen LogP contribution in [0.15, 0.2) is 41.0 Å². The van der Waals surface area contributed by atoms with Crippen molar-refractivity contribution in [1.82, 2.24) is 5.32 Å². The summed E-state index contributed by atoms with van der Waals surface area (Å²) in [6.07, 6.45) is 2.62. The van der Waals surface area contributed by atoms with Gasteiger partial charge in [0.15, 0.2) is 0 Å². The Morgan fingerprint density at radius 1 is 1.25 bits per heavy atom. The fraction of sp³-hybridized carbons (Fsp3) is 0.333. The molecule has 0 radical (unpaired) electrons. The van der Waals surface area contributed by atoms with Gasteiger partial charge in [0.25, 0.3) is 0 Å². The molecular formula is C18H20N2O4. The number of benzene rings is 1. The summed E-state index contributed by atoms with van der Waals surface area (Å²) in [5.41, 5.74) is 0.576. The van der Waals surface area contributed by atoms with Gasteiger partial charge in [-0.3, -0.25) is 9.59 Å². The lowest BCUT2D eigenvalue weighted by atomic mass is 10.0. The first-order valence-electron chi connectivity index (χ1n) is 7.82. The maximum absolute atomic E-state index is 12.6. The molecule has 1 aliphatic rings. The smallest absolute Gasteiger partial charge is 0.240 e. The van der Waals surface area contributed by atoms with Gasteiger partial charge in [-0.15, -0.1) is 0 Å². The molecule has 0 unspecified atom stereocenters. The Kier molecular flexibility index (Phi) is 4.29. The summed E-state index contributed by atoms with van der Waals surface area (Å²) in [6, 6.07) is 9.05. The third-order valence-electron chi connectivity index (χ3n) is 4.23. The molecule has 1 aromatic carbocycles. The fourth-order valence-electron chi connectivity index (χ4n) is 2.59. The van der Waals surface area contributed by atoms with E-state index < -0.39 is 5.41 Å². The van der Waals surface area contributed by atoms with E-state index in [1.54, 1.807) is 31.6 Å². The number of nitrogens with one attached hydrogen (secondary N) is 2. The quantitative estimate of drug-likeness (QED) is 0.799. The predicted molar refractivity (Wildman–Crippen MR) is 88.6 cm³/mol. The lowest BCUT2D eigenvalue weighted by Gasteiger charge is -2.17. The number of furan rings is 1. The third-order valence-corrected chi connectivity index (χ3v) is 4.23. The first-order chi connectivity index (χ1) is 11.5. The second kappa shape index (κ2) is 6.39. The first kappa shape index (κ1) is 16.1. The number of anilines is 1. The van der Waals surface area contributed by atoms with E-state index in [1.807, 2.05) is 19.1 Å². The van der Waals surface area contributed by atoms with Crippen molar-refractivity contribution in [2.75, 3.05) is 12.4 Å². The van der Waals surface area contributed by atoms with Crippen LogP contribution in [-0.2, 0) is 16.1 Å². The molecule has 0 spiro atoms. The van der Waals surface area contributed by atoms with Gasteiger partial charge in [0.2, 0.25) is 11.8 Å². The number of carbonyl (C=O) groups is 2. The number of carbonyl (C=O) groups excluding carboxylic acids is 2. The highest BCUT2D eigenvalue weighted by molar-refractivity contribution is 6.13. The van der Waals surface area contributed by atoms with Crippen molar-refractivity contribution < 1.29 is 18.7 Å². The SMILES string of the molecule is COc1ccc(C)cc1NC(=O)C1(C(=O)NCc2ccco2)CC1. The third kappa shape index (κ3) is 3.13. The van der Waals surface area contributed by atoms with Gasteiger partial charge >= 0.3 is 0 Å². The Labute approximate surface area is 140 Å². The van der Waals surface area contributed by atoms with Gasteiger partial charge in [0, 0.05) is 0 Å². The van der Waals surface area contributed by atoms with Gasteiger partial charge in [-0.2, -0.15) is 0 Å². The minimum Gasteiger partial charge on any atom is -0.495 e. The maximum Gasteiger partial charge on any atom is 0.240 e. The van der Waals surface area contributed by atoms with E-state index in [0.29, 0.717) is 30.0 Å². The summed E-state index contributed by atoms with van der Waals surface area (Å²) in [7, 11) is 1.54. The number of ether oxygens (including phenoxy) is 1. The van der Waals surface area contributed by atoms with Crippen molar-refractivity contribution >= 4 is 17.5 Å². The normalized spacial score (nSPS) is 14.8. The molecule has 1 heterocycles. The Morgan fingerprint density at radius 2 is 2.04 bits per heavy atom. The Morgan fingerprint density at radius 3 is 2.67 bits per heavy atom. The first-order valence-corrected chi connectivity index (χ1v) is 7.82. The van der Waals surface area contributed by atoms with Crippen LogP contribution in [0.1, 0.15) is 24.2 Å². The van der Waals surface area contributed by atoms with E-state index >= 15 is 0 Å². The van der Waals surface area contributed by atoms with Gasteiger partial charge in [-0.25, -0.2) is 0 Å². The minimum atomic E-state index is -0.999. The average molecular weight is 328 g/mol. The second-order valence-corrected chi connectivity index (χ2v) is 6.00. The highest BCUT2D eigenvalue weighted by Crippen LogP contribution is 2.47. The van der Waals surface area contributed by atoms with E-state index in [4.69, 9.17) is 9.15 Å². The molecule has 1 aromatic heterocycles. The van der Waals surface area contributed by atoms with Crippen LogP contribution < -0.4 is 15.4 Å². The van der Waals surface area contributed by atoms with E-state index in [0.717, 1.165) is 5.56 Å². The van der Waals surface area contributed by atoms with Crippen LogP contribution in [0.3, 0.4) is 0 Å². The molecular weight excluding hydrogens is 308 g/mol.